The molecule has 0 aliphatic carbocycles. The number of ether oxygens (including phenoxy) is 2. The average Bonchev–Trinajstić information content (AvgIpc) is 3.40. The molecule has 0 fully saturated rings. The summed E-state index contributed by atoms with van der Waals surface area (Å²) in [5.41, 5.74) is 11.3. The summed E-state index contributed by atoms with van der Waals surface area (Å²) in [4.78, 5) is 28.2. The van der Waals surface area contributed by atoms with Crippen LogP contribution in [0, 0.1) is 13.8 Å². The molecule has 3 aromatic carbocycles. The number of aromatic amines is 1. The number of hydrogen-bond donors (Lipinski definition) is 3. The fourth-order valence-corrected chi connectivity index (χ4v) is 4.37. The summed E-state index contributed by atoms with van der Waals surface area (Å²) < 4.78 is 15.8. The maximum absolute atomic E-state index is 12.4. The van der Waals surface area contributed by atoms with Gasteiger partial charge in [0.25, 0.3) is 0 Å². The van der Waals surface area contributed by atoms with Crippen LogP contribution in [0.3, 0.4) is 0 Å². The standard InChI is InChI=1S/C27H24N4O5/c1-14-24(15(2)36-31-14)17-10-21(26(28)32)25-20-12-18(6-9-22(20)30-23(25)11-17)29-27(33)35-13-16-4-7-19(34-3)8-5-16/h4-12,30H,13H2,1-3H3,(H2,28,32)(H,29,33). The first-order valence-corrected chi connectivity index (χ1v) is 11.2. The Morgan fingerprint density at radius 2 is 1.83 bits per heavy atom. The van der Waals surface area contributed by atoms with E-state index in [4.69, 9.17) is 19.7 Å². The van der Waals surface area contributed by atoms with Crippen molar-refractivity contribution < 1.29 is 23.6 Å². The number of nitrogens with one attached hydrogen (secondary N) is 2. The van der Waals surface area contributed by atoms with Crippen molar-refractivity contribution in [1.29, 1.82) is 0 Å². The van der Waals surface area contributed by atoms with Crippen molar-refractivity contribution >= 4 is 39.5 Å². The first-order chi connectivity index (χ1) is 17.3. The fraction of sp³-hybridized carbons (Fsp3) is 0.148. The van der Waals surface area contributed by atoms with Crippen LogP contribution in [0.4, 0.5) is 10.5 Å². The first kappa shape index (κ1) is 23.0. The molecule has 9 nitrogen and oxygen atoms in total. The molecular formula is C27H24N4O5. The minimum Gasteiger partial charge on any atom is -0.497 e. The number of nitrogens with two attached hydrogens (primary N) is 1. The number of carbonyl (C=O) groups excluding carboxylic acids is 2. The lowest BCUT2D eigenvalue weighted by Crippen LogP contribution is -2.13. The van der Waals surface area contributed by atoms with Gasteiger partial charge < -0.3 is 24.7 Å². The van der Waals surface area contributed by atoms with Crippen LogP contribution in [-0.2, 0) is 11.3 Å². The number of carbonyl (C=O) groups is 2. The number of anilines is 1. The lowest BCUT2D eigenvalue weighted by atomic mass is 9.97. The largest absolute Gasteiger partial charge is 0.497 e. The van der Waals surface area contributed by atoms with Crippen LogP contribution in [0.25, 0.3) is 32.9 Å². The number of hydrogen-bond acceptors (Lipinski definition) is 6. The molecular weight excluding hydrogens is 460 g/mol. The predicted molar refractivity (Wildman–Crippen MR) is 136 cm³/mol. The van der Waals surface area contributed by atoms with Gasteiger partial charge in [0.05, 0.1) is 12.8 Å². The number of fused-ring (bicyclic) bond motifs is 3. The van der Waals surface area contributed by atoms with Crippen LogP contribution in [0.15, 0.2) is 59.1 Å². The highest BCUT2D eigenvalue weighted by Crippen LogP contribution is 2.36. The monoisotopic (exact) mass is 484 g/mol. The molecule has 4 N–H and O–H groups in total. The summed E-state index contributed by atoms with van der Waals surface area (Å²) in [5.74, 6) is 0.814. The van der Waals surface area contributed by atoms with Crippen molar-refractivity contribution in [2.75, 3.05) is 12.4 Å². The minimum atomic E-state index is -0.596. The lowest BCUT2D eigenvalue weighted by Gasteiger charge is -2.08. The molecule has 36 heavy (non-hydrogen) atoms. The Hall–Kier alpha value is -4.79. The van der Waals surface area contributed by atoms with E-state index in [2.05, 4.69) is 15.5 Å². The molecule has 0 aliphatic heterocycles. The van der Waals surface area contributed by atoms with Gasteiger partial charge in [-0.3, -0.25) is 10.1 Å². The molecule has 0 bridgehead atoms. The fourth-order valence-electron chi connectivity index (χ4n) is 4.37. The number of aryl methyl sites for hydroxylation is 2. The number of primary amides is 1. The number of aromatic nitrogens is 2. The number of rotatable bonds is 6. The van der Waals surface area contributed by atoms with Gasteiger partial charge in [-0.15, -0.1) is 0 Å². The third-order valence-corrected chi connectivity index (χ3v) is 6.06. The normalized spacial score (nSPS) is 11.1. The third-order valence-electron chi connectivity index (χ3n) is 6.06. The molecule has 0 spiro atoms. The topological polar surface area (TPSA) is 132 Å². The summed E-state index contributed by atoms with van der Waals surface area (Å²) in [6.07, 6.45) is -0.596. The highest BCUT2D eigenvalue weighted by Gasteiger charge is 2.19. The predicted octanol–water partition coefficient (Wildman–Crippen LogP) is 5.45. The van der Waals surface area contributed by atoms with Crippen molar-refractivity contribution in [1.82, 2.24) is 10.1 Å². The summed E-state index contributed by atoms with van der Waals surface area (Å²) in [5, 5.41) is 8.17. The molecule has 0 aliphatic rings. The Morgan fingerprint density at radius 3 is 2.50 bits per heavy atom. The number of H-pyrrole nitrogens is 1. The third kappa shape index (κ3) is 4.22. The van der Waals surface area contributed by atoms with E-state index in [0.717, 1.165) is 44.6 Å². The van der Waals surface area contributed by atoms with E-state index in [1.807, 2.05) is 38.1 Å². The second-order valence-corrected chi connectivity index (χ2v) is 8.44. The molecule has 0 radical (unpaired) electrons. The van der Waals surface area contributed by atoms with Gasteiger partial charge in [-0.25, -0.2) is 4.79 Å². The van der Waals surface area contributed by atoms with E-state index >= 15 is 0 Å². The van der Waals surface area contributed by atoms with Crippen molar-refractivity contribution in [2.24, 2.45) is 5.73 Å². The number of amides is 2. The molecule has 5 aromatic rings. The Labute approximate surface area is 206 Å². The first-order valence-electron chi connectivity index (χ1n) is 11.2. The van der Waals surface area contributed by atoms with Crippen LogP contribution in [0.2, 0.25) is 0 Å². The maximum Gasteiger partial charge on any atom is 0.411 e. The van der Waals surface area contributed by atoms with Crippen LogP contribution in [-0.4, -0.2) is 29.3 Å². The second kappa shape index (κ2) is 9.10. The van der Waals surface area contributed by atoms with Crippen molar-refractivity contribution in [3.63, 3.8) is 0 Å². The molecule has 0 unspecified atom stereocenters. The smallest absolute Gasteiger partial charge is 0.411 e. The summed E-state index contributed by atoms with van der Waals surface area (Å²) in [7, 11) is 1.59. The van der Waals surface area contributed by atoms with Gasteiger partial charge in [0.2, 0.25) is 5.91 Å². The van der Waals surface area contributed by atoms with Gasteiger partial charge in [0.15, 0.2) is 0 Å². The van der Waals surface area contributed by atoms with Crippen LogP contribution in [0.5, 0.6) is 5.75 Å². The van der Waals surface area contributed by atoms with E-state index in [1.165, 1.54) is 0 Å². The second-order valence-electron chi connectivity index (χ2n) is 8.44. The molecule has 0 atom stereocenters. The summed E-state index contributed by atoms with van der Waals surface area (Å²) in [6, 6.07) is 16.3. The molecule has 0 saturated carbocycles. The van der Waals surface area contributed by atoms with E-state index in [1.54, 1.807) is 37.4 Å². The molecule has 0 saturated heterocycles. The van der Waals surface area contributed by atoms with E-state index in [-0.39, 0.29) is 6.61 Å². The van der Waals surface area contributed by atoms with Gasteiger partial charge in [0, 0.05) is 38.6 Å². The molecule has 9 heteroatoms. The number of nitrogens with zero attached hydrogens (tertiary/aromatic N) is 1. The molecule has 2 aromatic heterocycles. The Morgan fingerprint density at radius 1 is 1.06 bits per heavy atom. The van der Waals surface area contributed by atoms with Crippen LogP contribution >= 0.6 is 0 Å². The van der Waals surface area contributed by atoms with E-state index in [9.17, 15) is 9.59 Å². The molecule has 5 rings (SSSR count). The summed E-state index contributed by atoms with van der Waals surface area (Å²) >= 11 is 0. The average molecular weight is 485 g/mol. The number of benzene rings is 3. The van der Waals surface area contributed by atoms with E-state index < -0.39 is 12.0 Å². The zero-order valence-corrected chi connectivity index (χ0v) is 20.0. The highest BCUT2D eigenvalue weighted by molar-refractivity contribution is 6.19. The van der Waals surface area contributed by atoms with Gasteiger partial charge in [-0.05, 0) is 67.4 Å². The zero-order valence-electron chi connectivity index (χ0n) is 20.0. The van der Waals surface area contributed by atoms with Crippen LogP contribution < -0.4 is 15.8 Å². The minimum absolute atomic E-state index is 0.113. The van der Waals surface area contributed by atoms with Gasteiger partial charge >= 0.3 is 6.09 Å². The molecule has 2 amide bonds. The lowest BCUT2D eigenvalue weighted by molar-refractivity contribution is 0.100. The van der Waals surface area contributed by atoms with Gasteiger partial charge in [-0.1, -0.05) is 17.3 Å². The van der Waals surface area contributed by atoms with Crippen molar-refractivity contribution in [3.05, 3.63) is 77.2 Å². The summed E-state index contributed by atoms with van der Waals surface area (Å²) in [6.45, 7) is 3.78. The Balaban J connectivity index is 1.45. The van der Waals surface area contributed by atoms with E-state index in [0.29, 0.717) is 22.4 Å². The quantitative estimate of drug-likeness (QED) is 0.294. The zero-order chi connectivity index (χ0) is 25.4. The van der Waals surface area contributed by atoms with Gasteiger partial charge in [0.1, 0.15) is 18.1 Å². The van der Waals surface area contributed by atoms with Crippen molar-refractivity contribution in [2.45, 2.75) is 20.5 Å². The maximum atomic E-state index is 12.4. The molecule has 2 heterocycles. The SMILES string of the molecule is COc1ccc(COC(=O)Nc2ccc3[nH]c4cc(-c5c(C)noc5C)cc(C(N)=O)c4c3c2)cc1. The highest BCUT2D eigenvalue weighted by atomic mass is 16.5. The van der Waals surface area contributed by atoms with Gasteiger partial charge in [-0.2, -0.15) is 0 Å². The Bertz CT molecular complexity index is 1600. The molecule has 182 valence electrons. The van der Waals surface area contributed by atoms with Crippen LogP contribution in [0.1, 0.15) is 27.4 Å². The van der Waals surface area contributed by atoms with Crippen molar-refractivity contribution in [3.8, 4) is 16.9 Å². The number of methoxy groups -OCH3 is 1. The Kier molecular flexibility index (Phi) is 5.81.